The minimum atomic E-state index is -0.616. The van der Waals surface area contributed by atoms with Gasteiger partial charge < -0.3 is 14.5 Å². The van der Waals surface area contributed by atoms with Crippen molar-refractivity contribution in [3.63, 3.8) is 0 Å². The van der Waals surface area contributed by atoms with E-state index in [2.05, 4.69) is 11.9 Å². The Balaban J connectivity index is 1.85. The van der Waals surface area contributed by atoms with Crippen LogP contribution in [0, 0.1) is 5.41 Å². The van der Waals surface area contributed by atoms with Gasteiger partial charge in [0.2, 0.25) is 0 Å². The molecule has 1 fully saturated rings. The molecule has 2 aliphatic rings. The summed E-state index contributed by atoms with van der Waals surface area (Å²) in [6, 6.07) is 9.14. The number of benzene rings is 1. The van der Waals surface area contributed by atoms with Crippen LogP contribution < -0.4 is 0 Å². The predicted octanol–water partition coefficient (Wildman–Crippen LogP) is 3.25. The quantitative estimate of drug-likeness (QED) is 0.766. The molecule has 1 unspecified atom stereocenters. The summed E-state index contributed by atoms with van der Waals surface area (Å²) in [5.74, 6) is -0.188. The van der Waals surface area contributed by atoms with Gasteiger partial charge >= 0.3 is 5.97 Å². The van der Waals surface area contributed by atoms with Crippen LogP contribution in [0.15, 0.2) is 54.3 Å². The number of ether oxygens (including phenoxy) is 1. The minimum absolute atomic E-state index is 0.0387. The second-order valence-corrected chi connectivity index (χ2v) is 7.36. The van der Waals surface area contributed by atoms with Gasteiger partial charge in [0.1, 0.15) is 0 Å². The van der Waals surface area contributed by atoms with Gasteiger partial charge in [0, 0.05) is 11.8 Å². The van der Waals surface area contributed by atoms with Crippen LogP contribution in [0.4, 0.5) is 0 Å². The highest BCUT2D eigenvalue weighted by atomic mass is 16.5. The summed E-state index contributed by atoms with van der Waals surface area (Å²) in [5.41, 5.74) is 1.01. The number of nitrogens with zero attached hydrogens (tertiary/aromatic N) is 2. The smallest absolute Gasteiger partial charge is 0.316 e. The number of allylic oxidation sites excluding steroid dienone is 1. The fraction of sp³-hybridized carbons (Fsp3) is 0.455. The Bertz CT molecular complexity index is 746. The molecule has 1 saturated heterocycles. The highest BCUT2D eigenvalue weighted by Gasteiger charge is 2.45. The van der Waals surface area contributed by atoms with E-state index in [9.17, 15) is 9.59 Å². The zero-order valence-corrected chi connectivity index (χ0v) is 16.4. The van der Waals surface area contributed by atoms with E-state index in [-0.39, 0.29) is 17.9 Å². The van der Waals surface area contributed by atoms with E-state index in [1.807, 2.05) is 62.5 Å². The Kier molecular flexibility index (Phi) is 5.80. The average Bonchev–Trinajstić information content (AvgIpc) is 2.69. The van der Waals surface area contributed by atoms with Gasteiger partial charge in [0.15, 0.2) is 0 Å². The summed E-state index contributed by atoms with van der Waals surface area (Å²) >= 11 is 0. The second kappa shape index (κ2) is 8.09. The number of esters is 1. The van der Waals surface area contributed by atoms with Crippen LogP contribution in [0.2, 0.25) is 0 Å². The standard InChI is InChI=1S/C22H28N2O3/c1-4-27-21(26)22(11-14-23(3)15-12-22)19-10-13-24(17(2)16-19)20(25)18-8-6-5-7-9-18/h5-10,13,16-17H,4,11-12,14-15H2,1-3H3. The number of rotatable bonds is 4. The number of likely N-dealkylation sites (tertiary alicyclic amines) is 1. The summed E-state index contributed by atoms with van der Waals surface area (Å²) < 4.78 is 5.44. The average molecular weight is 368 g/mol. The normalized spacial score (nSPS) is 22.3. The molecule has 0 N–H and O–H groups in total. The number of hydrogen-bond acceptors (Lipinski definition) is 4. The fourth-order valence-electron chi connectivity index (χ4n) is 3.87. The molecular formula is C22H28N2O3. The van der Waals surface area contributed by atoms with Crippen LogP contribution in [0.3, 0.4) is 0 Å². The molecule has 0 bridgehead atoms. The molecule has 1 amide bonds. The summed E-state index contributed by atoms with van der Waals surface area (Å²) in [6.45, 7) is 5.91. The molecule has 0 saturated carbocycles. The van der Waals surface area contributed by atoms with Crippen LogP contribution >= 0.6 is 0 Å². The maximum atomic E-state index is 12.9. The van der Waals surface area contributed by atoms with Crippen LogP contribution in [-0.4, -0.2) is 54.5 Å². The minimum Gasteiger partial charge on any atom is -0.465 e. The van der Waals surface area contributed by atoms with E-state index in [0.717, 1.165) is 31.5 Å². The van der Waals surface area contributed by atoms with Crippen molar-refractivity contribution >= 4 is 11.9 Å². The topological polar surface area (TPSA) is 49.9 Å². The lowest BCUT2D eigenvalue weighted by molar-refractivity contribution is -0.155. The van der Waals surface area contributed by atoms with Crippen LogP contribution in [-0.2, 0) is 9.53 Å². The lowest BCUT2D eigenvalue weighted by Gasteiger charge is -2.41. The van der Waals surface area contributed by atoms with Gasteiger partial charge in [-0.1, -0.05) is 24.3 Å². The number of piperidine rings is 1. The van der Waals surface area contributed by atoms with E-state index in [1.54, 1.807) is 4.90 Å². The van der Waals surface area contributed by atoms with Crippen molar-refractivity contribution in [1.82, 2.24) is 9.80 Å². The summed E-state index contributed by atoms with van der Waals surface area (Å²) in [5, 5.41) is 0. The van der Waals surface area contributed by atoms with Crippen molar-refractivity contribution in [1.29, 1.82) is 0 Å². The van der Waals surface area contributed by atoms with E-state index in [4.69, 9.17) is 4.74 Å². The Morgan fingerprint density at radius 3 is 2.44 bits per heavy atom. The second-order valence-electron chi connectivity index (χ2n) is 7.36. The highest BCUT2D eigenvalue weighted by Crippen LogP contribution is 2.42. The third-order valence-electron chi connectivity index (χ3n) is 5.59. The molecule has 0 aliphatic carbocycles. The number of hydrogen-bond donors (Lipinski definition) is 0. The molecule has 0 aromatic heterocycles. The Morgan fingerprint density at radius 2 is 1.85 bits per heavy atom. The summed E-state index contributed by atoms with van der Waals surface area (Å²) in [7, 11) is 2.07. The lowest BCUT2D eigenvalue weighted by Crippen LogP contribution is -2.46. The fourth-order valence-corrected chi connectivity index (χ4v) is 3.87. The van der Waals surface area contributed by atoms with Crippen LogP contribution in [0.5, 0.6) is 0 Å². The molecule has 2 aliphatic heterocycles. The van der Waals surface area contributed by atoms with Crippen molar-refractivity contribution in [2.45, 2.75) is 32.7 Å². The molecule has 1 aromatic carbocycles. The molecule has 5 heteroatoms. The maximum absolute atomic E-state index is 12.9. The zero-order chi connectivity index (χ0) is 19.4. The molecule has 5 nitrogen and oxygen atoms in total. The number of carbonyl (C=O) groups is 2. The third kappa shape index (κ3) is 3.83. The molecule has 144 valence electrons. The van der Waals surface area contributed by atoms with Gasteiger partial charge in [0.05, 0.1) is 18.1 Å². The van der Waals surface area contributed by atoms with E-state index in [0.29, 0.717) is 12.2 Å². The van der Waals surface area contributed by atoms with Gasteiger partial charge in [-0.2, -0.15) is 0 Å². The van der Waals surface area contributed by atoms with Crippen molar-refractivity contribution < 1.29 is 14.3 Å². The largest absolute Gasteiger partial charge is 0.465 e. The first-order valence-electron chi connectivity index (χ1n) is 9.62. The molecule has 1 atom stereocenters. The van der Waals surface area contributed by atoms with Gasteiger partial charge in [0.25, 0.3) is 5.91 Å². The van der Waals surface area contributed by atoms with Crippen LogP contribution in [0.1, 0.15) is 37.0 Å². The summed E-state index contributed by atoms with van der Waals surface area (Å²) in [6.07, 6.45) is 7.25. The maximum Gasteiger partial charge on any atom is 0.316 e. The molecule has 0 radical (unpaired) electrons. The molecule has 2 heterocycles. The van der Waals surface area contributed by atoms with Gasteiger partial charge in [-0.25, -0.2) is 0 Å². The zero-order valence-electron chi connectivity index (χ0n) is 16.4. The van der Waals surface area contributed by atoms with Gasteiger partial charge in [-0.3, -0.25) is 9.59 Å². The van der Waals surface area contributed by atoms with Crippen LogP contribution in [0.25, 0.3) is 0 Å². The first-order valence-corrected chi connectivity index (χ1v) is 9.62. The van der Waals surface area contributed by atoms with Gasteiger partial charge in [-0.05, 0) is 70.6 Å². The third-order valence-corrected chi connectivity index (χ3v) is 5.59. The molecular weight excluding hydrogens is 340 g/mol. The number of carbonyl (C=O) groups excluding carboxylic acids is 2. The van der Waals surface area contributed by atoms with Crippen molar-refractivity contribution in [2.75, 3.05) is 26.7 Å². The Hall–Kier alpha value is -2.40. The molecule has 27 heavy (non-hydrogen) atoms. The SMILES string of the molecule is CCOC(=O)C1(C2=CC(C)N(C(=O)c3ccccc3)C=C2)CCN(C)CC1. The summed E-state index contributed by atoms with van der Waals surface area (Å²) in [4.78, 5) is 29.6. The molecule has 0 spiro atoms. The molecule has 3 rings (SSSR count). The number of amides is 1. The molecule has 1 aromatic rings. The van der Waals surface area contributed by atoms with E-state index >= 15 is 0 Å². The van der Waals surface area contributed by atoms with E-state index in [1.165, 1.54) is 0 Å². The highest BCUT2D eigenvalue weighted by molar-refractivity contribution is 5.95. The Morgan fingerprint density at radius 1 is 1.19 bits per heavy atom. The lowest BCUT2D eigenvalue weighted by atomic mass is 9.71. The first kappa shape index (κ1) is 19.4. The first-order chi connectivity index (χ1) is 13.0. The predicted molar refractivity (Wildman–Crippen MR) is 105 cm³/mol. The van der Waals surface area contributed by atoms with Crippen molar-refractivity contribution in [2.24, 2.45) is 5.41 Å². The van der Waals surface area contributed by atoms with Gasteiger partial charge in [-0.15, -0.1) is 0 Å². The Labute approximate surface area is 161 Å². The monoisotopic (exact) mass is 368 g/mol. The van der Waals surface area contributed by atoms with Crippen molar-refractivity contribution in [3.05, 3.63) is 59.8 Å². The van der Waals surface area contributed by atoms with E-state index < -0.39 is 5.41 Å². The van der Waals surface area contributed by atoms with Crippen molar-refractivity contribution in [3.8, 4) is 0 Å².